The molecule has 11 heteroatoms. The van der Waals surface area contributed by atoms with E-state index >= 15 is 0 Å². The van der Waals surface area contributed by atoms with E-state index in [1.165, 1.54) is 0 Å². The van der Waals surface area contributed by atoms with Crippen molar-refractivity contribution in [3.05, 3.63) is 75.5 Å². The molecule has 0 aliphatic carbocycles. The largest absolute Gasteiger partial charge is 0.481 e. The van der Waals surface area contributed by atoms with Crippen LogP contribution < -0.4 is 16.0 Å². The number of hydrogen-bond acceptors (Lipinski definition) is 6. The first-order chi connectivity index (χ1) is 20.7. The number of aromatic nitrogens is 1. The highest BCUT2D eigenvalue weighted by Crippen LogP contribution is 2.39. The topological polar surface area (TPSA) is 161 Å². The zero-order valence-electron chi connectivity index (χ0n) is 26.1. The summed E-state index contributed by atoms with van der Waals surface area (Å²) < 4.78 is 0. The minimum atomic E-state index is -0.911. The van der Waals surface area contributed by atoms with Crippen molar-refractivity contribution >= 4 is 36.4 Å². The number of amides is 2. The molecule has 0 saturated carbocycles. The highest BCUT2D eigenvalue weighted by atomic mass is 32.1. The minimum Gasteiger partial charge on any atom is -0.481 e. The average Bonchev–Trinajstić information content (AvgIpc) is 3.59. The predicted octanol–water partition coefficient (Wildman–Crippen LogP) is 3.94. The highest BCUT2D eigenvalue weighted by Gasteiger charge is 2.39. The van der Waals surface area contributed by atoms with Crippen LogP contribution in [0.25, 0.3) is 0 Å². The van der Waals surface area contributed by atoms with Crippen molar-refractivity contribution in [1.29, 1.82) is 0 Å². The fourth-order valence-electron chi connectivity index (χ4n) is 6.59. The van der Waals surface area contributed by atoms with Crippen LogP contribution in [0.15, 0.2) is 34.2 Å². The van der Waals surface area contributed by atoms with Crippen LogP contribution in [0.4, 0.5) is 0 Å². The van der Waals surface area contributed by atoms with Crippen LogP contribution in [0.3, 0.4) is 0 Å². The smallest absolute Gasteiger partial charge is 0.302 e. The number of allylic oxidation sites excluding steroid dienone is 2. The summed E-state index contributed by atoms with van der Waals surface area (Å²) in [4.78, 5) is 51.5. The second-order valence-corrected chi connectivity index (χ2v) is 12.8. The summed E-state index contributed by atoms with van der Waals surface area (Å²) in [6, 6.07) is -0.519. The van der Waals surface area contributed by atoms with E-state index in [0.29, 0.717) is 24.2 Å². The first-order valence-electron chi connectivity index (χ1n) is 15.1. The Balaban J connectivity index is 1.68. The standard InChI is InChI=1S/C33H43N4O6S/c1-7-20-15(2)25(36-33(20)43)12-23-16(3)21(8-10-29(38)39)26(34-23)14-27-22(9-11-30(40)41)17(4)24(35-27)13-28-31(19(6)44)18(5)32(42)37-28/h12-14,18-19,25,28,31,34-35,44H,7-11H2,1-6H3,(H,36,43)(H,37,42)(H,38,39)(H,40,41)/q-3/b24-13+/t18-,19-,25?,28?,31+/m1/s1. The molecule has 4 rings (SSSR count). The molecule has 1 saturated heterocycles. The number of aromatic amines is 1. The molecule has 44 heavy (non-hydrogen) atoms. The maximum absolute atomic E-state index is 12.5. The molecule has 240 valence electrons. The summed E-state index contributed by atoms with van der Waals surface area (Å²) >= 11 is 4.64. The third kappa shape index (κ3) is 6.77. The monoisotopic (exact) mass is 623 g/mol. The molecule has 0 bridgehead atoms. The molecule has 2 unspecified atom stereocenters. The predicted molar refractivity (Wildman–Crippen MR) is 170 cm³/mol. The maximum atomic E-state index is 12.5. The van der Waals surface area contributed by atoms with Crippen molar-refractivity contribution in [2.24, 2.45) is 11.8 Å². The van der Waals surface area contributed by atoms with Gasteiger partial charge in [0, 0.05) is 41.7 Å². The summed E-state index contributed by atoms with van der Waals surface area (Å²) in [5.74, 6) is -1.25. The summed E-state index contributed by atoms with van der Waals surface area (Å²) in [7, 11) is 0. The molecule has 3 aliphatic heterocycles. The number of hydrogen-bond donors (Lipinski definition) is 7. The van der Waals surface area contributed by atoms with Gasteiger partial charge in [-0.1, -0.05) is 57.5 Å². The molecule has 0 radical (unpaired) electrons. The van der Waals surface area contributed by atoms with Gasteiger partial charge < -0.3 is 31.1 Å². The average molecular weight is 624 g/mol. The molecular formula is C33H43N4O6S-3. The van der Waals surface area contributed by atoms with E-state index in [-0.39, 0.29) is 60.2 Å². The van der Waals surface area contributed by atoms with E-state index in [4.69, 9.17) is 0 Å². The summed E-state index contributed by atoms with van der Waals surface area (Å²) in [6.07, 6.45) is 6.95. The third-order valence-electron chi connectivity index (χ3n) is 9.18. The maximum Gasteiger partial charge on any atom is 0.302 e. The van der Waals surface area contributed by atoms with Crippen molar-refractivity contribution in [2.45, 2.75) is 91.0 Å². The molecule has 10 nitrogen and oxygen atoms in total. The molecular weight excluding hydrogens is 580 g/mol. The molecule has 2 amide bonds. The highest BCUT2D eigenvalue weighted by molar-refractivity contribution is 7.80. The third-order valence-corrected chi connectivity index (χ3v) is 9.52. The summed E-state index contributed by atoms with van der Waals surface area (Å²) in [6.45, 7) is 11.6. The first-order valence-corrected chi connectivity index (χ1v) is 15.6. The molecule has 1 fully saturated rings. The normalized spacial score (nSPS) is 25.0. The van der Waals surface area contributed by atoms with Crippen molar-refractivity contribution in [2.75, 3.05) is 0 Å². The van der Waals surface area contributed by atoms with Crippen LogP contribution in [-0.2, 0) is 25.6 Å². The van der Waals surface area contributed by atoms with E-state index in [1.54, 1.807) is 0 Å². The van der Waals surface area contributed by atoms with Gasteiger partial charge in [0.1, 0.15) is 0 Å². The van der Waals surface area contributed by atoms with Crippen molar-refractivity contribution < 1.29 is 29.4 Å². The number of rotatable bonds is 13. The summed E-state index contributed by atoms with van der Waals surface area (Å²) in [5.41, 5.74) is 7.29. The Hall–Kier alpha value is -3.86. The van der Waals surface area contributed by atoms with Crippen LogP contribution >= 0.6 is 12.6 Å². The molecule has 4 heterocycles. The molecule has 1 aromatic heterocycles. The van der Waals surface area contributed by atoms with Gasteiger partial charge in [-0.3, -0.25) is 19.2 Å². The first kappa shape index (κ1) is 33.0. The zero-order valence-corrected chi connectivity index (χ0v) is 27.0. The van der Waals surface area contributed by atoms with Gasteiger partial charge in [0.05, 0.1) is 0 Å². The molecule has 0 aromatic carbocycles. The number of carboxylic acids is 2. The lowest BCUT2D eigenvalue weighted by Gasteiger charge is -2.28. The molecule has 1 aromatic rings. The van der Waals surface area contributed by atoms with Gasteiger partial charge in [-0.2, -0.15) is 42.6 Å². The fourth-order valence-corrected chi connectivity index (χ4v) is 7.04. The molecule has 5 atom stereocenters. The van der Waals surface area contributed by atoms with Gasteiger partial charge in [0.15, 0.2) is 0 Å². The van der Waals surface area contributed by atoms with E-state index in [9.17, 15) is 29.4 Å². The number of carbonyl (C=O) groups is 4. The van der Waals surface area contributed by atoms with E-state index in [2.05, 4.69) is 33.6 Å². The number of H-pyrrole nitrogens is 1. The van der Waals surface area contributed by atoms with Crippen LogP contribution in [0.2, 0.25) is 0 Å². The van der Waals surface area contributed by atoms with Gasteiger partial charge in [-0.05, 0) is 19.3 Å². The van der Waals surface area contributed by atoms with Crippen molar-refractivity contribution in [1.82, 2.24) is 20.9 Å². The van der Waals surface area contributed by atoms with Gasteiger partial charge in [0.2, 0.25) is 11.8 Å². The van der Waals surface area contributed by atoms with Crippen molar-refractivity contribution in [3.8, 4) is 0 Å². The lowest BCUT2D eigenvalue weighted by atomic mass is 9.87. The Morgan fingerprint density at radius 1 is 1.09 bits per heavy atom. The molecule has 0 spiro atoms. The number of thiol groups is 1. The minimum absolute atomic E-state index is 0.0167. The molecule has 6 N–H and O–H groups in total. The SMILES string of the molecule is CCC1=C(C)C([CH-]c2[nH]c([CH-]C3=C(CCC(=O)O)[C-](C)/C(=C\C4NC(=O)[C@H](C)[C@H]4[C@@H](C)S)N3)c(CCC(=O)O)c2C)NC1=O. The van der Waals surface area contributed by atoms with Gasteiger partial charge in [0.25, 0.3) is 0 Å². The van der Waals surface area contributed by atoms with Crippen LogP contribution in [-0.4, -0.2) is 56.3 Å². The Labute approximate surface area is 264 Å². The van der Waals surface area contributed by atoms with E-state index in [0.717, 1.165) is 45.2 Å². The van der Waals surface area contributed by atoms with Crippen LogP contribution in [0, 0.1) is 37.5 Å². The number of carboxylic acid groups (broad SMARTS) is 2. The van der Waals surface area contributed by atoms with Crippen LogP contribution in [0.1, 0.15) is 82.8 Å². The Morgan fingerprint density at radius 3 is 2.34 bits per heavy atom. The van der Waals surface area contributed by atoms with E-state index < -0.39 is 11.9 Å². The zero-order chi connectivity index (χ0) is 32.5. The second-order valence-electron chi connectivity index (χ2n) is 12.0. The Morgan fingerprint density at radius 2 is 1.75 bits per heavy atom. The summed E-state index contributed by atoms with van der Waals surface area (Å²) in [5, 5.41) is 28.5. The van der Waals surface area contributed by atoms with Crippen LogP contribution in [0.5, 0.6) is 0 Å². The number of nitrogens with one attached hydrogen (secondary N) is 4. The lowest BCUT2D eigenvalue weighted by molar-refractivity contribution is -0.138. The van der Waals surface area contributed by atoms with E-state index in [1.807, 2.05) is 60.5 Å². The molecule has 3 aliphatic rings. The Bertz CT molecular complexity index is 1440. The quantitative estimate of drug-likeness (QED) is 0.129. The number of carbonyl (C=O) groups excluding carboxylic acids is 2. The van der Waals surface area contributed by atoms with Gasteiger partial charge in [-0.25, -0.2) is 11.1 Å². The van der Waals surface area contributed by atoms with Gasteiger partial charge in [-0.15, -0.1) is 18.7 Å². The van der Waals surface area contributed by atoms with Crippen molar-refractivity contribution in [3.63, 3.8) is 0 Å². The second kappa shape index (κ2) is 13.4. The lowest BCUT2D eigenvalue weighted by Crippen LogP contribution is -2.31. The fraction of sp³-hybridized carbons (Fsp3) is 0.485. The van der Waals surface area contributed by atoms with Gasteiger partial charge >= 0.3 is 11.9 Å². The number of aliphatic carboxylic acids is 2. The Kier molecular flexibility index (Phi) is 10.1.